The van der Waals surface area contributed by atoms with Gasteiger partial charge < -0.3 is 10.2 Å². The van der Waals surface area contributed by atoms with Gasteiger partial charge in [-0.1, -0.05) is 0 Å². The number of nitroso groups, excluding NO2 is 1. The van der Waals surface area contributed by atoms with Crippen molar-refractivity contribution in [2.24, 2.45) is 0 Å². The summed E-state index contributed by atoms with van der Waals surface area (Å²) in [5.41, 5.74) is 0. The number of alkyl halides is 1. The molecule has 0 rings (SSSR count). The minimum Gasteiger partial charge on any atom is -0.388 e. The highest BCUT2D eigenvalue weighted by atomic mass is 79.9. The van der Waals surface area contributed by atoms with Gasteiger partial charge in [0.1, 0.15) is 13.2 Å². The Morgan fingerprint density at radius 3 is 1.88 bits per heavy atom. The predicted molar refractivity (Wildman–Crippen MR) is 30.2 cm³/mol. The van der Waals surface area contributed by atoms with Crippen LogP contribution in [0.2, 0.25) is 0 Å². The molecule has 0 spiro atoms. The Hall–Kier alpha value is -0.0000000000000000416. The van der Waals surface area contributed by atoms with Crippen molar-refractivity contribution >= 4 is 15.9 Å². The second-order valence-corrected chi connectivity index (χ2v) is 2.90. The second kappa shape index (κ2) is 3.11. The van der Waals surface area contributed by atoms with Crippen molar-refractivity contribution in [2.45, 2.75) is 4.45 Å². The van der Waals surface area contributed by atoms with E-state index in [0.717, 1.165) is 0 Å². The lowest BCUT2D eigenvalue weighted by Gasteiger charge is -2.03. The lowest BCUT2D eigenvalue weighted by atomic mass is 10.4. The van der Waals surface area contributed by atoms with Crippen LogP contribution in [-0.4, -0.2) is 27.9 Å². The van der Waals surface area contributed by atoms with E-state index in [0.29, 0.717) is 0 Å². The molecule has 0 saturated carbocycles. The van der Waals surface area contributed by atoms with E-state index < -0.39 is 17.7 Å². The molecule has 0 atom stereocenters. The molecule has 48 valence electrons. The standard InChI is InChI=1S/C3H6BrNO3/c4-3(1-6,2-7)5-8/h6-7H,1-2H2/p+1. The Morgan fingerprint density at radius 2 is 1.88 bits per heavy atom. The molecular weight excluding hydrogens is 178 g/mol. The molecule has 0 saturated heterocycles. The molecule has 0 heterocycles. The average Bonchev–Trinajstić information content (AvgIpc) is 1.87. The number of nitrogens with one attached hydrogen (secondary N) is 1. The SMILES string of the molecule is O=[NH+]C(Br)(CO)CO. The number of hydrogen-bond donors (Lipinski definition) is 3. The van der Waals surface area contributed by atoms with Crippen LogP contribution in [-0.2, 0) is 0 Å². The van der Waals surface area contributed by atoms with Crippen LogP contribution in [0.5, 0.6) is 0 Å². The second-order valence-electron chi connectivity index (χ2n) is 1.38. The number of aliphatic hydroxyl groups excluding tert-OH is 2. The highest BCUT2D eigenvalue weighted by molar-refractivity contribution is 9.10. The van der Waals surface area contributed by atoms with Gasteiger partial charge in [0, 0.05) is 26.0 Å². The van der Waals surface area contributed by atoms with Gasteiger partial charge in [-0.15, -0.1) is 0 Å². The van der Waals surface area contributed by atoms with Gasteiger partial charge in [0.25, 0.3) is 0 Å². The normalized spacial score (nSPS) is 11.4. The van der Waals surface area contributed by atoms with Crippen molar-refractivity contribution in [2.75, 3.05) is 13.2 Å². The van der Waals surface area contributed by atoms with Crippen molar-refractivity contribution in [3.05, 3.63) is 4.91 Å². The van der Waals surface area contributed by atoms with Crippen LogP contribution in [0.4, 0.5) is 0 Å². The summed E-state index contributed by atoms with van der Waals surface area (Å²) < 4.78 is -1.26. The van der Waals surface area contributed by atoms with Gasteiger partial charge in [-0.2, -0.15) is 0 Å². The van der Waals surface area contributed by atoms with Gasteiger partial charge in [0.05, 0.1) is 0 Å². The van der Waals surface area contributed by atoms with Crippen molar-refractivity contribution in [1.29, 1.82) is 0 Å². The molecule has 0 aliphatic rings. The summed E-state index contributed by atoms with van der Waals surface area (Å²) in [6, 6.07) is 0. The van der Waals surface area contributed by atoms with E-state index in [1.54, 1.807) is 0 Å². The molecule has 0 aromatic heterocycles. The zero-order chi connectivity index (χ0) is 6.62. The Morgan fingerprint density at radius 1 is 1.50 bits per heavy atom. The van der Waals surface area contributed by atoms with Crippen LogP contribution in [0.1, 0.15) is 0 Å². The lowest BCUT2D eigenvalue weighted by Crippen LogP contribution is -2.82. The van der Waals surface area contributed by atoms with Crippen LogP contribution in [0.25, 0.3) is 0 Å². The quantitative estimate of drug-likeness (QED) is 0.348. The molecule has 0 radical (unpaired) electrons. The summed E-state index contributed by atoms with van der Waals surface area (Å²) >= 11 is 2.76. The number of rotatable bonds is 3. The number of hydrogen-bond acceptors (Lipinski definition) is 3. The van der Waals surface area contributed by atoms with E-state index in [2.05, 4.69) is 15.9 Å². The van der Waals surface area contributed by atoms with Gasteiger partial charge >= 0.3 is 4.45 Å². The molecule has 0 aromatic rings. The van der Waals surface area contributed by atoms with Gasteiger partial charge in [0.15, 0.2) is 0 Å². The van der Waals surface area contributed by atoms with Crippen molar-refractivity contribution in [3.8, 4) is 0 Å². The minimum absolute atomic E-state index is 0.438. The Bertz CT molecular complexity index is 82.6. The van der Waals surface area contributed by atoms with Crippen LogP contribution in [0, 0.1) is 4.91 Å². The first-order valence-corrected chi connectivity index (χ1v) is 2.78. The summed E-state index contributed by atoms with van der Waals surface area (Å²) in [6.07, 6.45) is 0. The van der Waals surface area contributed by atoms with E-state index in [-0.39, 0.29) is 0 Å². The molecule has 0 bridgehead atoms. The molecule has 0 unspecified atom stereocenters. The summed E-state index contributed by atoms with van der Waals surface area (Å²) in [7, 11) is 0. The van der Waals surface area contributed by atoms with E-state index in [1.165, 1.54) is 5.18 Å². The highest BCUT2D eigenvalue weighted by Gasteiger charge is 2.32. The molecule has 0 aliphatic carbocycles. The zero-order valence-corrected chi connectivity index (χ0v) is 5.68. The Kier molecular flexibility index (Phi) is 3.11. The third-order valence-corrected chi connectivity index (χ3v) is 1.35. The van der Waals surface area contributed by atoms with Crippen LogP contribution >= 0.6 is 15.9 Å². The van der Waals surface area contributed by atoms with Gasteiger partial charge in [-0.25, -0.2) is 0 Å². The monoisotopic (exact) mass is 184 g/mol. The fraction of sp³-hybridized carbons (Fsp3) is 1.00. The Labute approximate surface area is 54.6 Å². The van der Waals surface area contributed by atoms with Crippen molar-refractivity contribution < 1.29 is 15.4 Å². The maximum Gasteiger partial charge on any atom is 0.305 e. The van der Waals surface area contributed by atoms with E-state index in [4.69, 9.17) is 10.2 Å². The van der Waals surface area contributed by atoms with Crippen molar-refractivity contribution in [3.63, 3.8) is 0 Å². The van der Waals surface area contributed by atoms with E-state index in [9.17, 15) is 4.91 Å². The largest absolute Gasteiger partial charge is 0.388 e. The zero-order valence-electron chi connectivity index (χ0n) is 4.09. The first-order valence-electron chi connectivity index (χ1n) is 1.98. The topological polar surface area (TPSA) is 71.5 Å². The molecular formula is C3H7BrNO3+. The maximum absolute atomic E-state index is 9.80. The lowest BCUT2D eigenvalue weighted by molar-refractivity contribution is -0.545. The summed E-state index contributed by atoms with van der Waals surface area (Å²) in [5, 5.41) is 18.1. The van der Waals surface area contributed by atoms with Gasteiger partial charge in [-0.05, 0) is 0 Å². The van der Waals surface area contributed by atoms with Crippen LogP contribution in [0.15, 0.2) is 0 Å². The molecule has 0 amide bonds. The molecule has 5 heteroatoms. The average molecular weight is 185 g/mol. The molecule has 3 N–H and O–H groups in total. The fourth-order valence-electron chi connectivity index (χ4n) is 0.115. The van der Waals surface area contributed by atoms with Gasteiger partial charge in [0.2, 0.25) is 0 Å². The number of aliphatic hydroxyl groups is 2. The summed E-state index contributed by atoms with van der Waals surface area (Å²) in [4.78, 5) is 9.80. The van der Waals surface area contributed by atoms with Crippen LogP contribution < -0.4 is 5.18 Å². The Balaban J connectivity index is 3.76. The van der Waals surface area contributed by atoms with Crippen molar-refractivity contribution in [1.82, 2.24) is 0 Å². The predicted octanol–water partition coefficient (Wildman–Crippen LogP) is -2.09. The fourth-order valence-corrected chi connectivity index (χ4v) is 0.115. The smallest absolute Gasteiger partial charge is 0.305 e. The molecule has 4 nitrogen and oxygen atoms in total. The van der Waals surface area contributed by atoms with E-state index >= 15 is 0 Å². The summed E-state index contributed by atoms with van der Waals surface area (Å²) in [6.45, 7) is -0.875. The molecule has 8 heavy (non-hydrogen) atoms. The molecule has 0 aromatic carbocycles. The summed E-state index contributed by atoms with van der Waals surface area (Å²) in [5.74, 6) is 0. The maximum atomic E-state index is 9.80. The highest BCUT2D eigenvalue weighted by Crippen LogP contribution is 2.03. The third kappa shape index (κ3) is 1.85. The molecule has 0 fully saturated rings. The number of halogens is 1. The first-order chi connectivity index (χ1) is 3.68. The van der Waals surface area contributed by atoms with Gasteiger partial charge in [-0.3, -0.25) is 0 Å². The minimum atomic E-state index is -1.26. The van der Waals surface area contributed by atoms with E-state index in [1.807, 2.05) is 0 Å². The first kappa shape index (κ1) is 8.00. The molecule has 0 aliphatic heterocycles. The van der Waals surface area contributed by atoms with Crippen LogP contribution in [0.3, 0.4) is 0 Å². The third-order valence-electron chi connectivity index (χ3n) is 0.684.